The maximum Gasteiger partial charge on any atom is 0.394 e. The molecule has 0 bridgehead atoms. The van der Waals surface area contributed by atoms with E-state index in [2.05, 4.69) is 29.4 Å². The Balaban J connectivity index is 0. The zero-order valence-electron chi connectivity index (χ0n) is 21.3. The number of rotatable bonds is 22. The minimum atomic E-state index is -4.67. The van der Waals surface area contributed by atoms with E-state index in [0.717, 1.165) is 26.1 Å². The first kappa shape index (κ1) is 34.2. The first-order chi connectivity index (χ1) is 15.7. The molecule has 10 heteroatoms. The van der Waals surface area contributed by atoms with Gasteiger partial charge in [-0.15, -0.1) is 0 Å². The average Bonchev–Trinajstić information content (AvgIpc) is 2.72. The molecule has 0 aromatic heterocycles. The van der Waals surface area contributed by atoms with Crippen LogP contribution in [0.1, 0.15) is 104 Å². The van der Waals surface area contributed by atoms with Crippen LogP contribution in [0.15, 0.2) is 0 Å². The third-order valence-electron chi connectivity index (χ3n) is 5.33. The lowest BCUT2D eigenvalue weighted by Gasteiger charge is -2.22. The topological polar surface area (TPSA) is 152 Å². The van der Waals surface area contributed by atoms with Crippen LogP contribution in [0.25, 0.3) is 0 Å². The normalized spacial score (nSPS) is 11.3. The van der Waals surface area contributed by atoms with Crippen molar-refractivity contribution in [1.29, 1.82) is 5.41 Å². The summed E-state index contributed by atoms with van der Waals surface area (Å²) in [5.41, 5.74) is 5.28. The highest BCUT2D eigenvalue weighted by molar-refractivity contribution is 7.79. The van der Waals surface area contributed by atoms with Crippen molar-refractivity contribution in [2.75, 3.05) is 39.3 Å². The van der Waals surface area contributed by atoms with Crippen molar-refractivity contribution in [3.63, 3.8) is 0 Å². The molecule has 33 heavy (non-hydrogen) atoms. The van der Waals surface area contributed by atoms with Gasteiger partial charge in [0.05, 0.1) is 0 Å². The highest BCUT2D eigenvalue weighted by Gasteiger charge is 2.05. The van der Waals surface area contributed by atoms with Crippen molar-refractivity contribution in [3.8, 4) is 0 Å². The van der Waals surface area contributed by atoms with Crippen LogP contribution in [-0.4, -0.2) is 67.7 Å². The van der Waals surface area contributed by atoms with E-state index in [0.29, 0.717) is 0 Å². The standard InChI is InChI=1S/C23H51N5.H2O4S/c1-3-5-7-9-11-13-20-28(21-14-12-10-8-6-4-2)22-16-18-26-17-15-19-27-23(24)25;1-5(2,3)4/h26H,3-22H2,1-2H3,(H4,24,25,27);(H2,1,2,3,4). The summed E-state index contributed by atoms with van der Waals surface area (Å²) in [6.45, 7) is 11.2. The fourth-order valence-corrected chi connectivity index (χ4v) is 3.56. The number of nitrogens with zero attached hydrogens (tertiary/aromatic N) is 1. The number of hydrogen-bond donors (Lipinski definition) is 6. The number of unbranched alkanes of at least 4 members (excludes halogenated alkanes) is 10. The van der Waals surface area contributed by atoms with Gasteiger partial charge in [-0.05, 0) is 58.4 Å². The van der Waals surface area contributed by atoms with Crippen LogP contribution in [0.2, 0.25) is 0 Å². The second-order valence-electron chi connectivity index (χ2n) is 8.62. The highest BCUT2D eigenvalue weighted by Crippen LogP contribution is 2.09. The molecule has 0 aliphatic rings. The molecule has 7 N–H and O–H groups in total. The molecular weight excluding hydrogens is 442 g/mol. The van der Waals surface area contributed by atoms with E-state index in [4.69, 9.17) is 28.7 Å². The Labute approximate surface area is 203 Å². The third-order valence-corrected chi connectivity index (χ3v) is 5.33. The lowest BCUT2D eigenvalue weighted by molar-refractivity contribution is 0.256. The molecule has 0 aromatic carbocycles. The van der Waals surface area contributed by atoms with Gasteiger partial charge in [-0.1, -0.05) is 78.1 Å². The summed E-state index contributed by atoms with van der Waals surface area (Å²) in [5.74, 6) is 0.0695. The highest BCUT2D eigenvalue weighted by atomic mass is 32.3. The molecule has 0 aromatic rings. The van der Waals surface area contributed by atoms with Crippen molar-refractivity contribution in [3.05, 3.63) is 0 Å². The van der Waals surface area contributed by atoms with E-state index >= 15 is 0 Å². The molecule has 0 aliphatic heterocycles. The molecule has 0 saturated carbocycles. The largest absolute Gasteiger partial charge is 0.394 e. The van der Waals surface area contributed by atoms with Gasteiger partial charge >= 0.3 is 10.4 Å². The summed E-state index contributed by atoms with van der Waals surface area (Å²) >= 11 is 0. The Morgan fingerprint density at radius 1 is 0.727 bits per heavy atom. The molecular formula is C23H53N5O4S. The van der Waals surface area contributed by atoms with Crippen LogP contribution in [0.5, 0.6) is 0 Å². The molecule has 0 saturated heterocycles. The van der Waals surface area contributed by atoms with Gasteiger partial charge in [0.15, 0.2) is 5.96 Å². The van der Waals surface area contributed by atoms with Crippen LogP contribution in [-0.2, 0) is 10.4 Å². The van der Waals surface area contributed by atoms with E-state index in [1.54, 1.807) is 0 Å². The molecule has 0 rings (SSSR count). The first-order valence-corrected chi connectivity index (χ1v) is 14.3. The van der Waals surface area contributed by atoms with E-state index in [1.165, 1.54) is 103 Å². The molecule has 0 amide bonds. The van der Waals surface area contributed by atoms with E-state index in [1.807, 2.05) is 0 Å². The first-order valence-electron chi connectivity index (χ1n) is 12.9. The van der Waals surface area contributed by atoms with Crippen LogP contribution >= 0.6 is 0 Å². The van der Waals surface area contributed by atoms with Crippen molar-refractivity contribution in [2.24, 2.45) is 5.73 Å². The third kappa shape index (κ3) is 38.6. The fraction of sp³-hybridized carbons (Fsp3) is 0.957. The van der Waals surface area contributed by atoms with Gasteiger partial charge < -0.3 is 21.3 Å². The predicted octanol–water partition coefficient (Wildman–Crippen LogP) is 4.21. The Bertz CT molecular complexity index is 497. The lowest BCUT2D eigenvalue weighted by atomic mass is 10.1. The number of nitrogens with one attached hydrogen (secondary N) is 3. The molecule has 0 heterocycles. The van der Waals surface area contributed by atoms with Crippen LogP contribution < -0.4 is 16.4 Å². The Morgan fingerprint density at radius 3 is 1.58 bits per heavy atom. The summed E-state index contributed by atoms with van der Waals surface area (Å²) in [5, 5.41) is 13.5. The lowest BCUT2D eigenvalue weighted by Crippen LogP contribution is -2.33. The van der Waals surface area contributed by atoms with Gasteiger partial charge in [0.1, 0.15) is 0 Å². The summed E-state index contributed by atoms with van der Waals surface area (Å²) in [6, 6.07) is 0. The fourth-order valence-electron chi connectivity index (χ4n) is 3.56. The second-order valence-corrected chi connectivity index (χ2v) is 9.52. The van der Waals surface area contributed by atoms with Crippen LogP contribution in [0, 0.1) is 5.41 Å². The van der Waals surface area contributed by atoms with Crippen LogP contribution in [0.4, 0.5) is 0 Å². The zero-order chi connectivity index (χ0) is 25.2. The number of guanidine groups is 1. The predicted molar refractivity (Wildman–Crippen MR) is 139 cm³/mol. The van der Waals surface area contributed by atoms with Crippen molar-refractivity contribution in [1.82, 2.24) is 15.5 Å². The average molecular weight is 496 g/mol. The Kier molecular flexibility index (Phi) is 26.6. The minimum absolute atomic E-state index is 0.0695. The number of nitrogens with two attached hydrogens (primary N) is 1. The van der Waals surface area contributed by atoms with E-state index in [-0.39, 0.29) is 5.96 Å². The van der Waals surface area contributed by atoms with Crippen molar-refractivity contribution in [2.45, 2.75) is 104 Å². The smallest absolute Gasteiger partial charge is 0.370 e. The van der Waals surface area contributed by atoms with Crippen molar-refractivity contribution >= 4 is 16.4 Å². The summed E-state index contributed by atoms with van der Waals surface area (Å²) < 4.78 is 31.6. The van der Waals surface area contributed by atoms with Gasteiger partial charge in [-0.3, -0.25) is 14.5 Å². The van der Waals surface area contributed by atoms with Gasteiger partial charge in [-0.2, -0.15) is 8.42 Å². The molecule has 0 spiro atoms. The maximum atomic E-state index is 8.74. The number of hydrogen-bond acceptors (Lipinski definition) is 5. The quantitative estimate of drug-likeness (QED) is 0.0565. The van der Waals surface area contributed by atoms with E-state index < -0.39 is 10.4 Å². The molecule has 200 valence electrons. The van der Waals surface area contributed by atoms with Gasteiger partial charge in [0, 0.05) is 6.54 Å². The molecule has 0 aliphatic carbocycles. The molecule has 0 unspecified atom stereocenters. The monoisotopic (exact) mass is 495 g/mol. The van der Waals surface area contributed by atoms with Gasteiger partial charge in [0.2, 0.25) is 0 Å². The summed E-state index contributed by atoms with van der Waals surface area (Å²) in [6.07, 6.45) is 18.9. The SMILES string of the molecule is CCCCCCCCN(CCCCCCCC)CCCNCCCNC(=N)N.O=S(=O)(O)O. The molecule has 0 atom stereocenters. The molecule has 0 radical (unpaired) electrons. The second kappa shape index (κ2) is 25.7. The van der Waals surface area contributed by atoms with Gasteiger partial charge in [0.25, 0.3) is 0 Å². The minimum Gasteiger partial charge on any atom is -0.370 e. The van der Waals surface area contributed by atoms with Gasteiger partial charge in [-0.25, -0.2) is 0 Å². The van der Waals surface area contributed by atoms with Crippen LogP contribution in [0.3, 0.4) is 0 Å². The van der Waals surface area contributed by atoms with Crippen molar-refractivity contribution < 1.29 is 17.5 Å². The maximum absolute atomic E-state index is 8.74. The van der Waals surface area contributed by atoms with E-state index in [9.17, 15) is 0 Å². The summed E-state index contributed by atoms with van der Waals surface area (Å²) in [4.78, 5) is 2.71. The Hall–Kier alpha value is -0.940. The zero-order valence-corrected chi connectivity index (χ0v) is 22.1. The molecule has 0 fully saturated rings. The molecule has 9 nitrogen and oxygen atoms in total. The Morgan fingerprint density at radius 2 is 1.12 bits per heavy atom. The summed E-state index contributed by atoms with van der Waals surface area (Å²) in [7, 11) is -4.67.